The number of carbonyl (C=O) groups excluding carboxylic acids is 1. The SMILES string of the molecule is CCCN1C(=O)CC(C)(C)c2cc3[nH]c4c(c3cc21)CCC/C(=C(\C)NN)C4. The van der Waals surface area contributed by atoms with E-state index in [0.29, 0.717) is 6.42 Å². The van der Waals surface area contributed by atoms with Gasteiger partial charge in [0.05, 0.1) is 0 Å². The molecule has 0 spiro atoms. The van der Waals surface area contributed by atoms with Crippen LogP contribution in [0.2, 0.25) is 0 Å². The van der Waals surface area contributed by atoms with Crippen LogP contribution in [0.1, 0.15) is 70.2 Å². The molecule has 0 saturated carbocycles. The molecule has 0 fully saturated rings. The van der Waals surface area contributed by atoms with Crippen LogP contribution < -0.4 is 16.2 Å². The maximum absolute atomic E-state index is 12.8. The Bertz CT molecular complexity index is 967. The van der Waals surface area contributed by atoms with E-state index >= 15 is 0 Å². The Labute approximate surface area is 167 Å². The Kier molecular flexibility index (Phi) is 4.74. The maximum Gasteiger partial charge on any atom is 0.227 e. The third-order valence-electron chi connectivity index (χ3n) is 6.51. The second-order valence-electron chi connectivity index (χ2n) is 9.01. The number of nitrogens with one attached hydrogen (secondary N) is 2. The third-order valence-corrected chi connectivity index (χ3v) is 6.51. The summed E-state index contributed by atoms with van der Waals surface area (Å²) in [5.41, 5.74) is 11.4. The summed E-state index contributed by atoms with van der Waals surface area (Å²) in [5.74, 6) is 5.91. The van der Waals surface area contributed by atoms with E-state index in [-0.39, 0.29) is 11.3 Å². The van der Waals surface area contributed by atoms with Gasteiger partial charge in [-0.1, -0.05) is 20.8 Å². The number of hydrogen-bond donors (Lipinski definition) is 3. The average molecular weight is 381 g/mol. The largest absolute Gasteiger partial charge is 0.358 e. The number of benzene rings is 1. The van der Waals surface area contributed by atoms with Gasteiger partial charge < -0.3 is 15.3 Å². The van der Waals surface area contributed by atoms with Crippen LogP contribution in [-0.2, 0) is 23.1 Å². The lowest BCUT2D eigenvalue weighted by Gasteiger charge is -2.38. The molecule has 0 saturated heterocycles. The number of aromatic nitrogens is 1. The number of aromatic amines is 1. The Hall–Kier alpha value is -2.27. The molecule has 150 valence electrons. The van der Waals surface area contributed by atoms with Crippen LogP contribution in [0, 0.1) is 0 Å². The summed E-state index contributed by atoms with van der Waals surface area (Å²) in [6.07, 6.45) is 5.69. The van der Waals surface area contributed by atoms with Gasteiger partial charge >= 0.3 is 0 Å². The summed E-state index contributed by atoms with van der Waals surface area (Å²) in [6, 6.07) is 4.57. The van der Waals surface area contributed by atoms with Crippen LogP contribution in [0.15, 0.2) is 23.4 Å². The maximum atomic E-state index is 12.8. The second kappa shape index (κ2) is 6.96. The van der Waals surface area contributed by atoms with Gasteiger partial charge in [-0.15, -0.1) is 0 Å². The van der Waals surface area contributed by atoms with Crippen molar-refractivity contribution in [1.82, 2.24) is 10.4 Å². The van der Waals surface area contributed by atoms with Crippen LogP contribution >= 0.6 is 0 Å². The average Bonchev–Trinajstić information content (AvgIpc) is 2.84. The second-order valence-corrected chi connectivity index (χ2v) is 9.01. The van der Waals surface area contributed by atoms with Crippen LogP contribution in [-0.4, -0.2) is 17.4 Å². The lowest BCUT2D eigenvalue weighted by molar-refractivity contribution is -0.120. The van der Waals surface area contributed by atoms with Crippen LogP contribution in [0.5, 0.6) is 0 Å². The van der Waals surface area contributed by atoms with E-state index in [1.165, 1.54) is 33.3 Å². The molecule has 1 aliphatic heterocycles. The molecule has 4 N–H and O–H groups in total. The Morgan fingerprint density at radius 1 is 1.32 bits per heavy atom. The van der Waals surface area contributed by atoms with Crippen molar-refractivity contribution in [2.75, 3.05) is 11.4 Å². The monoisotopic (exact) mass is 380 g/mol. The van der Waals surface area contributed by atoms with Crippen molar-refractivity contribution in [1.29, 1.82) is 0 Å². The minimum atomic E-state index is -0.140. The Morgan fingerprint density at radius 3 is 2.82 bits per heavy atom. The van der Waals surface area contributed by atoms with Crippen molar-refractivity contribution in [2.24, 2.45) is 5.84 Å². The zero-order chi connectivity index (χ0) is 20.1. The van der Waals surface area contributed by atoms with Crippen molar-refractivity contribution in [2.45, 2.75) is 71.6 Å². The number of nitrogens with zero attached hydrogens (tertiary/aromatic N) is 1. The fraction of sp³-hybridized carbons (Fsp3) is 0.522. The van der Waals surface area contributed by atoms with Crippen molar-refractivity contribution >= 4 is 22.5 Å². The molecule has 2 aromatic rings. The van der Waals surface area contributed by atoms with E-state index in [1.807, 2.05) is 4.90 Å². The summed E-state index contributed by atoms with van der Waals surface area (Å²) < 4.78 is 0. The molecule has 1 aromatic heterocycles. The number of H-pyrrole nitrogens is 1. The number of hydrazine groups is 1. The number of anilines is 1. The summed E-state index contributed by atoms with van der Waals surface area (Å²) >= 11 is 0. The van der Waals surface area contributed by atoms with Gasteiger partial charge in [-0.25, -0.2) is 0 Å². The molecule has 2 aliphatic rings. The van der Waals surface area contributed by atoms with Gasteiger partial charge in [0.25, 0.3) is 0 Å². The first-order chi connectivity index (χ1) is 13.4. The fourth-order valence-corrected chi connectivity index (χ4v) is 4.92. The lowest BCUT2D eigenvalue weighted by Crippen LogP contribution is -2.42. The highest BCUT2D eigenvalue weighted by Crippen LogP contribution is 2.44. The van der Waals surface area contributed by atoms with Crippen LogP contribution in [0.25, 0.3) is 10.9 Å². The molecule has 2 heterocycles. The molecule has 1 amide bonds. The number of allylic oxidation sites excluding steroid dienone is 2. The van der Waals surface area contributed by atoms with Crippen LogP contribution in [0.4, 0.5) is 5.69 Å². The summed E-state index contributed by atoms with van der Waals surface area (Å²) in [5, 5.41) is 1.28. The minimum Gasteiger partial charge on any atom is -0.358 e. The number of hydrogen-bond acceptors (Lipinski definition) is 3. The number of nitrogens with two attached hydrogens (primary N) is 1. The van der Waals surface area contributed by atoms with Gasteiger partial charge in [0.2, 0.25) is 5.91 Å². The van der Waals surface area contributed by atoms with Gasteiger partial charge in [0.1, 0.15) is 0 Å². The number of aryl methyl sites for hydroxylation is 1. The van der Waals surface area contributed by atoms with Crippen molar-refractivity contribution in [3.05, 3.63) is 40.2 Å². The zero-order valence-electron chi connectivity index (χ0n) is 17.5. The highest BCUT2D eigenvalue weighted by molar-refractivity contribution is 6.01. The zero-order valence-corrected chi connectivity index (χ0v) is 17.5. The summed E-state index contributed by atoms with van der Waals surface area (Å²) in [7, 11) is 0. The summed E-state index contributed by atoms with van der Waals surface area (Å²) in [4.78, 5) is 18.5. The molecular formula is C23H32N4O. The standard InChI is InChI=1S/C23H32N4O/c1-5-9-27-21-11-17-16-8-6-7-15(14(2)26-24)10-19(16)25-20(17)12-18(21)23(3,4)13-22(27)28/h11-12,25-26H,5-10,13,24H2,1-4H3/b15-14-. The highest BCUT2D eigenvalue weighted by Gasteiger charge is 2.37. The molecule has 0 radical (unpaired) electrons. The molecule has 28 heavy (non-hydrogen) atoms. The van der Waals surface area contributed by atoms with Crippen molar-refractivity contribution in [3.63, 3.8) is 0 Å². The molecule has 5 nitrogen and oxygen atoms in total. The predicted octanol–water partition coefficient (Wildman–Crippen LogP) is 4.21. The van der Waals surface area contributed by atoms with E-state index < -0.39 is 0 Å². The first kappa shape index (κ1) is 19.1. The Morgan fingerprint density at radius 2 is 2.11 bits per heavy atom. The van der Waals surface area contributed by atoms with Gasteiger partial charge in [-0.05, 0) is 61.4 Å². The quantitative estimate of drug-likeness (QED) is 0.424. The van der Waals surface area contributed by atoms with Gasteiger partial charge in [0.15, 0.2) is 0 Å². The number of amides is 1. The summed E-state index contributed by atoms with van der Waals surface area (Å²) in [6.45, 7) is 9.34. The normalized spacial score (nSPS) is 20.6. The molecule has 1 aromatic carbocycles. The number of rotatable bonds is 3. The van der Waals surface area contributed by atoms with Crippen molar-refractivity contribution < 1.29 is 4.79 Å². The smallest absolute Gasteiger partial charge is 0.227 e. The Balaban J connectivity index is 1.89. The van der Waals surface area contributed by atoms with E-state index in [0.717, 1.165) is 50.0 Å². The topological polar surface area (TPSA) is 74.2 Å². The van der Waals surface area contributed by atoms with Gasteiger partial charge in [-0.3, -0.25) is 10.6 Å². The van der Waals surface area contributed by atoms with E-state index in [9.17, 15) is 4.79 Å². The molecular weight excluding hydrogens is 348 g/mol. The van der Waals surface area contributed by atoms with Gasteiger partial charge in [-0.2, -0.15) is 0 Å². The highest BCUT2D eigenvalue weighted by atomic mass is 16.2. The first-order valence-corrected chi connectivity index (χ1v) is 10.5. The molecule has 4 rings (SSSR count). The minimum absolute atomic E-state index is 0.140. The molecule has 5 heteroatoms. The van der Waals surface area contributed by atoms with E-state index in [2.05, 4.69) is 50.2 Å². The molecule has 0 unspecified atom stereocenters. The number of fused-ring (bicyclic) bond motifs is 4. The van der Waals surface area contributed by atoms with E-state index in [4.69, 9.17) is 5.84 Å². The number of carbonyl (C=O) groups is 1. The third kappa shape index (κ3) is 3.02. The molecule has 0 atom stereocenters. The molecule has 0 bridgehead atoms. The fourth-order valence-electron chi connectivity index (χ4n) is 4.92. The van der Waals surface area contributed by atoms with Gasteiger partial charge in [0, 0.05) is 52.8 Å². The van der Waals surface area contributed by atoms with Crippen molar-refractivity contribution in [3.8, 4) is 0 Å². The predicted molar refractivity (Wildman–Crippen MR) is 115 cm³/mol. The lowest BCUT2D eigenvalue weighted by atomic mass is 9.76. The molecule has 1 aliphatic carbocycles. The van der Waals surface area contributed by atoms with E-state index in [1.54, 1.807) is 0 Å². The van der Waals surface area contributed by atoms with Crippen LogP contribution in [0.3, 0.4) is 0 Å². The first-order valence-electron chi connectivity index (χ1n) is 10.5.